The van der Waals surface area contributed by atoms with Crippen molar-refractivity contribution in [1.29, 1.82) is 5.26 Å². The quantitative estimate of drug-likeness (QED) is 0.875. The van der Waals surface area contributed by atoms with E-state index in [4.69, 9.17) is 11.6 Å². The van der Waals surface area contributed by atoms with Crippen LogP contribution in [0, 0.1) is 11.3 Å². The van der Waals surface area contributed by atoms with Crippen molar-refractivity contribution in [1.82, 2.24) is 4.90 Å². The molecule has 0 aliphatic carbocycles. The molecule has 2 rings (SSSR count). The SMILES string of the molecule is CCCN1CCC(C#N)(Nc2ccc(Cl)c(Br)c2)CC1. The maximum absolute atomic E-state index is 9.57. The summed E-state index contributed by atoms with van der Waals surface area (Å²) in [4.78, 5) is 2.43. The highest BCUT2D eigenvalue weighted by atomic mass is 79.9. The van der Waals surface area contributed by atoms with Crippen LogP contribution in [0.15, 0.2) is 22.7 Å². The summed E-state index contributed by atoms with van der Waals surface area (Å²) in [6.07, 6.45) is 2.87. The van der Waals surface area contributed by atoms with Gasteiger partial charge in [0.25, 0.3) is 0 Å². The molecule has 1 saturated heterocycles. The van der Waals surface area contributed by atoms with E-state index in [1.165, 1.54) is 0 Å². The second-order valence-corrected chi connectivity index (χ2v) is 6.55. The van der Waals surface area contributed by atoms with E-state index in [0.717, 1.165) is 49.1 Å². The van der Waals surface area contributed by atoms with Gasteiger partial charge in [0.05, 0.1) is 11.1 Å². The van der Waals surface area contributed by atoms with E-state index in [0.29, 0.717) is 5.02 Å². The Balaban J connectivity index is 2.06. The topological polar surface area (TPSA) is 39.1 Å². The lowest BCUT2D eigenvalue weighted by atomic mass is 9.88. The minimum absolute atomic E-state index is 0.461. The Morgan fingerprint density at radius 1 is 1.45 bits per heavy atom. The molecule has 1 aliphatic rings. The van der Waals surface area contributed by atoms with Crippen LogP contribution < -0.4 is 5.32 Å². The lowest BCUT2D eigenvalue weighted by Gasteiger charge is -2.38. The van der Waals surface area contributed by atoms with E-state index in [9.17, 15) is 5.26 Å². The lowest BCUT2D eigenvalue weighted by Crippen LogP contribution is -2.48. The largest absolute Gasteiger partial charge is 0.367 e. The van der Waals surface area contributed by atoms with Crippen molar-refractivity contribution in [2.75, 3.05) is 25.0 Å². The minimum Gasteiger partial charge on any atom is -0.367 e. The predicted molar refractivity (Wildman–Crippen MR) is 87.1 cm³/mol. The second-order valence-electron chi connectivity index (χ2n) is 5.29. The van der Waals surface area contributed by atoms with Gasteiger partial charge in [0.1, 0.15) is 5.54 Å². The fourth-order valence-electron chi connectivity index (χ4n) is 2.59. The first-order valence-corrected chi connectivity index (χ1v) is 8.12. The molecule has 0 saturated carbocycles. The number of benzene rings is 1. The Morgan fingerprint density at radius 3 is 2.70 bits per heavy atom. The highest BCUT2D eigenvalue weighted by Crippen LogP contribution is 2.30. The summed E-state index contributed by atoms with van der Waals surface area (Å²) >= 11 is 9.42. The van der Waals surface area contributed by atoms with Crippen molar-refractivity contribution < 1.29 is 0 Å². The van der Waals surface area contributed by atoms with Crippen LogP contribution in [0.4, 0.5) is 5.69 Å². The van der Waals surface area contributed by atoms with Crippen molar-refractivity contribution >= 4 is 33.2 Å². The number of anilines is 1. The molecule has 0 atom stereocenters. The first-order valence-electron chi connectivity index (χ1n) is 6.95. The average molecular weight is 357 g/mol. The number of nitriles is 1. The summed E-state index contributed by atoms with van der Waals surface area (Å²) in [5, 5.41) is 13.7. The summed E-state index contributed by atoms with van der Waals surface area (Å²) < 4.78 is 0.848. The first-order chi connectivity index (χ1) is 9.58. The van der Waals surface area contributed by atoms with Crippen LogP contribution in [0.1, 0.15) is 26.2 Å². The first kappa shape index (κ1) is 15.6. The molecule has 1 aromatic rings. The lowest BCUT2D eigenvalue weighted by molar-refractivity contribution is 0.197. The molecule has 1 heterocycles. The molecule has 0 aromatic heterocycles. The fourth-order valence-corrected chi connectivity index (χ4v) is 3.09. The number of hydrogen-bond acceptors (Lipinski definition) is 3. The fraction of sp³-hybridized carbons (Fsp3) is 0.533. The molecule has 20 heavy (non-hydrogen) atoms. The molecular formula is C15H19BrClN3. The highest BCUT2D eigenvalue weighted by molar-refractivity contribution is 9.10. The molecule has 0 radical (unpaired) electrons. The third kappa shape index (κ3) is 3.66. The van der Waals surface area contributed by atoms with E-state index in [-0.39, 0.29) is 0 Å². The van der Waals surface area contributed by atoms with Gasteiger partial charge in [0, 0.05) is 23.2 Å². The zero-order valence-electron chi connectivity index (χ0n) is 11.6. The number of nitrogens with zero attached hydrogens (tertiary/aromatic N) is 2. The van der Waals surface area contributed by atoms with Crippen LogP contribution in [0.5, 0.6) is 0 Å². The third-order valence-corrected chi connectivity index (χ3v) is 4.98. The zero-order valence-corrected chi connectivity index (χ0v) is 14.0. The molecule has 0 amide bonds. The van der Waals surface area contributed by atoms with Gasteiger partial charge in [-0.05, 0) is 59.9 Å². The van der Waals surface area contributed by atoms with Gasteiger partial charge in [-0.1, -0.05) is 18.5 Å². The van der Waals surface area contributed by atoms with Crippen molar-refractivity contribution in [2.24, 2.45) is 0 Å². The second kappa shape index (κ2) is 6.80. The molecular weight excluding hydrogens is 338 g/mol. The number of piperidine rings is 1. The summed E-state index contributed by atoms with van der Waals surface area (Å²) in [7, 11) is 0. The Bertz CT molecular complexity index is 504. The number of nitrogens with one attached hydrogen (secondary N) is 1. The highest BCUT2D eigenvalue weighted by Gasteiger charge is 2.34. The molecule has 5 heteroatoms. The van der Waals surface area contributed by atoms with Crippen molar-refractivity contribution in [3.05, 3.63) is 27.7 Å². The summed E-state index contributed by atoms with van der Waals surface area (Å²) in [6, 6.07) is 8.17. The predicted octanol–water partition coefficient (Wildman–Crippen LogP) is 4.28. The Hall–Kier alpha value is -0.760. The summed E-state index contributed by atoms with van der Waals surface area (Å²) in [5.74, 6) is 0. The smallest absolute Gasteiger partial charge is 0.127 e. The van der Waals surface area contributed by atoms with Crippen molar-refractivity contribution in [2.45, 2.75) is 31.7 Å². The van der Waals surface area contributed by atoms with Crippen molar-refractivity contribution in [3.8, 4) is 6.07 Å². The Morgan fingerprint density at radius 2 is 2.15 bits per heavy atom. The van der Waals surface area contributed by atoms with Gasteiger partial charge in [-0.25, -0.2) is 0 Å². The van der Waals surface area contributed by atoms with E-state index >= 15 is 0 Å². The van der Waals surface area contributed by atoms with Gasteiger partial charge in [0.2, 0.25) is 0 Å². The van der Waals surface area contributed by atoms with Crippen molar-refractivity contribution in [3.63, 3.8) is 0 Å². The van der Waals surface area contributed by atoms with Crippen LogP contribution in [0.2, 0.25) is 5.02 Å². The standard InChI is InChI=1S/C15H19BrClN3/c1-2-7-20-8-5-15(11-18,6-9-20)19-12-3-4-14(17)13(16)10-12/h3-4,10,19H,2,5-9H2,1H3. The molecule has 0 unspecified atom stereocenters. The zero-order chi connectivity index (χ0) is 14.6. The molecule has 3 nitrogen and oxygen atoms in total. The minimum atomic E-state index is -0.461. The summed E-state index contributed by atoms with van der Waals surface area (Å²) in [6.45, 7) is 5.26. The molecule has 1 N–H and O–H groups in total. The van der Waals surface area contributed by atoms with Crippen LogP contribution in [-0.2, 0) is 0 Å². The van der Waals surface area contributed by atoms with E-state index in [1.54, 1.807) is 0 Å². The van der Waals surface area contributed by atoms with Crippen LogP contribution in [0.3, 0.4) is 0 Å². The Labute approximate surface area is 134 Å². The Kier molecular flexibility index (Phi) is 5.31. The maximum Gasteiger partial charge on any atom is 0.127 e. The van der Waals surface area contributed by atoms with Gasteiger partial charge in [0.15, 0.2) is 0 Å². The van der Waals surface area contributed by atoms with E-state index in [2.05, 4.69) is 39.1 Å². The van der Waals surface area contributed by atoms with Gasteiger partial charge >= 0.3 is 0 Å². The van der Waals surface area contributed by atoms with Gasteiger partial charge in [-0.15, -0.1) is 0 Å². The number of rotatable bonds is 4. The van der Waals surface area contributed by atoms with Crippen LogP contribution in [-0.4, -0.2) is 30.1 Å². The number of hydrogen-bond donors (Lipinski definition) is 1. The normalized spacial score (nSPS) is 18.5. The molecule has 1 aromatic carbocycles. The average Bonchev–Trinajstić information content (AvgIpc) is 2.46. The molecule has 108 valence electrons. The maximum atomic E-state index is 9.57. The number of likely N-dealkylation sites (tertiary alicyclic amines) is 1. The molecule has 1 fully saturated rings. The molecule has 0 bridgehead atoms. The summed E-state index contributed by atoms with van der Waals surface area (Å²) in [5.41, 5.74) is 0.476. The van der Waals surface area contributed by atoms with Gasteiger partial charge < -0.3 is 10.2 Å². The van der Waals surface area contributed by atoms with E-state index < -0.39 is 5.54 Å². The van der Waals surface area contributed by atoms with Crippen LogP contribution in [0.25, 0.3) is 0 Å². The van der Waals surface area contributed by atoms with Crippen LogP contribution >= 0.6 is 27.5 Å². The monoisotopic (exact) mass is 355 g/mol. The molecule has 1 aliphatic heterocycles. The number of halogens is 2. The molecule has 0 spiro atoms. The van der Waals surface area contributed by atoms with Gasteiger partial charge in [-0.3, -0.25) is 0 Å². The van der Waals surface area contributed by atoms with Gasteiger partial charge in [-0.2, -0.15) is 5.26 Å². The van der Waals surface area contributed by atoms with E-state index in [1.807, 2.05) is 18.2 Å². The third-order valence-electron chi connectivity index (χ3n) is 3.77.